The van der Waals surface area contributed by atoms with E-state index in [2.05, 4.69) is 0 Å². The molecule has 1 aliphatic rings. The first-order chi connectivity index (χ1) is 8.43. The van der Waals surface area contributed by atoms with Crippen molar-refractivity contribution >= 4 is 15.7 Å². The number of nitrogens with zero attached hydrogens (tertiary/aromatic N) is 1. The fraction of sp³-hybridized carbons (Fsp3) is 0.583. The van der Waals surface area contributed by atoms with Gasteiger partial charge in [-0.3, -0.25) is 4.79 Å². The van der Waals surface area contributed by atoms with Crippen molar-refractivity contribution in [1.29, 1.82) is 0 Å². The highest BCUT2D eigenvalue weighted by Gasteiger charge is 2.33. The van der Waals surface area contributed by atoms with Crippen LogP contribution in [0.15, 0.2) is 16.5 Å². The molecule has 1 aromatic heterocycles. The highest BCUT2D eigenvalue weighted by atomic mass is 32.2. The summed E-state index contributed by atoms with van der Waals surface area (Å²) < 4.78 is 28.2. The molecule has 1 aromatic rings. The molecule has 1 aliphatic heterocycles. The van der Waals surface area contributed by atoms with E-state index in [0.717, 1.165) is 12.2 Å². The summed E-state index contributed by atoms with van der Waals surface area (Å²) in [7, 11) is -1.35. The first-order valence-corrected chi connectivity index (χ1v) is 7.81. The molecular formula is C12H17NO4S. The van der Waals surface area contributed by atoms with E-state index in [9.17, 15) is 13.2 Å². The minimum Gasteiger partial charge on any atom is -0.456 e. The van der Waals surface area contributed by atoms with Gasteiger partial charge in [-0.25, -0.2) is 8.42 Å². The highest BCUT2D eigenvalue weighted by Crippen LogP contribution is 2.19. The molecule has 18 heavy (non-hydrogen) atoms. The minimum absolute atomic E-state index is 0.0522. The van der Waals surface area contributed by atoms with E-state index in [1.54, 1.807) is 19.2 Å². The molecule has 6 heteroatoms. The van der Waals surface area contributed by atoms with Crippen LogP contribution >= 0.6 is 0 Å². The van der Waals surface area contributed by atoms with Gasteiger partial charge >= 0.3 is 0 Å². The van der Waals surface area contributed by atoms with Gasteiger partial charge in [0.1, 0.15) is 5.76 Å². The van der Waals surface area contributed by atoms with Crippen LogP contribution in [0.4, 0.5) is 0 Å². The number of amides is 1. The fourth-order valence-electron chi connectivity index (χ4n) is 2.10. The molecule has 1 saturated heterocycles. The number of sulfone groups is 1. The molecule has 0 aromatic carbocycles. The van der Waals surface area contributed by atoms with Crippen LogP contribution in [0.25, 0.3) is 0 Å². The Morgan fingerprint density at radius 1 is 1.50 bits per heavy atom. The highest BCUT2D eigenvalue weighted by molar-refractivity contribution is 7.91. The average molecular weight is 271 g/mol. The Morgan fingerprint density at radius 2 is 2.22 bits per heavy atom. The Bertz CT molecular complexity index is 546. The van der Waals surface area contributed by atoms with Crippen LogP contribution in [-0.4, -0.2) is 43.8 Å². The van der Waals surface area contributed by atoms with Gasteiger partial charge < -0.3 is 9.32 Å². The SMILES string of the molecule is CCc1ccc(C(=O)N(C)[C@@H]2CCS(=O)(=O)C2)o1. The van der Waals surface area contributed by atoms with Gasteiger partial charge in [-0.1, -0.05) is 6.92 Å². The Kier molecular flexibility index (Phi) is 3.47. The molecular weight excluding hydrogens is 254 g/mol. The Labute approximate surface area is 107 Å². The second-order valence-corrected chi connectivity index (χ2v) is 6.82. The zero-order chi connectivity index (χ0) is 13.3. The maximum absolute atomic E-state index is 12.1. The van der Waals surface area contributed by atoms with Gasteiger partial charge in [0.25, 0.3) is 5.91 Å². The monoisotopic (exact) mass is 271 g/mol. The number of hydrogen-bond acceptors (Lipinski definition) is 4. The van der Waals surface area contributed by atoms with Crippen molar-refractivity contribution in [2.75, 3.05) is 18.6 Å². The van der Waals surface area contributed by atoms with E-state index in [1.807, 2.05) is 6.92 Å². The van der Waals surface area contributed by atoms with E-state index >= 15 is 0 Å². The van der Waals surface area contributed by atoms with Crippen LogP contribution < -0.4 is 0 Å². The summed E-state index contributed by atoms with van der Waals surface area (Å²) >= 11 is 0. The summed E-state index contributed by atoms with van der Waals surface area (Å²) in [5, 5.41) is 0. The second-order valence-electron chi connectivity index (χ2n) is 4.59. The van der Waals surface area contributed by atoms with Crippen molar-refractivity contribution in [3.05, 3.63) is 23.7 Å². The third kappa shape index (κ3) is 2.58. The van der Waals surface area contributed by atoms with Crippen molar-refractivity contribution in [3.63, 3.8) is 0 Å². The number of carbonyl (C=O) groups is 1. The Hall–Kier alpha value is -1.30. The number of furan rings is 1. The van der Waals surface area contributed by atoms with Crippen LogP contribution in [0.3, 0.4) is 0 Å². The quantitative estimate of drug-likeness (QED) is 0.825. The third-order valence-electron chi connectivity index (χ3n) is 3.30. The third-order valence-corrected chi connectivity index (χ3v) is 5.05. The second kappa shape index (κ2) is 4.76. The van der Waals surface area contributed by atoms with E-state index in [1.165, 1.54) is 4.90 Å². The summed E-state index contributed by atoms with van der Waals surface area (Å²) in [6.07, 6.45) is 1.24. The maximum atomic E-state index is 12.1. The molecule has 1 atom stereocenters. The van der Waals surface area contributed by atoms with Crippen molar-refractivity contribution in [2.24, 2.45) is 0 Å². The molecule has 2 rings (SSSR count). The first-order valence-electron chi connectivity index (χ1n) is 5.99. The predicted octanol–water partition coefficient (Wildman–Crippen LogP) is 1.10. The maximum Gasteiger partial charge on any atom is 0.289 e. The summed E-state index contributed by atoms with van der Waals surface area (Å²) in [4.78, 5) is 13.6. The van der Waals surface area contributed by atoms with E-state index in [4.69, 9.17) is 4.42 Å². The first kappa shape index (κ1) is 13.1. The average Bonchev–Trinajstić information content (AvgIpc) is 2.93. The van der Waals surface area contributed by atoms with Gasteiger partial charge in [-0.15, -0.1) is 0 Å². The van der Waals surface area contributed by atoms with Crippen LogP contribution in [0.5, 0.6) is 0 Å². The molecule has 0 unspecified atom stereocenters. The summed E-state index contributed by atoms with van der Waals surface area (Å²) in [5.74, 6) is 0.991. The minimum atomic E-state index is -2.98. The standard InChI is InChI=1S/C12H17NO4S/c1-3-10-4-5-11(17-10)12(14)13(2)9-6-7-18(15,16)8-9/h4-5,9H,3,6-8H2,1-2H3/t9-/m1/s1. The molecule has 1 fully saturated rings. The topological polar surface area (TPSA) is 67.6 Å². The fourth-order valence-corrected chi connectivity index (χ4v) is 3.88. The lowest BCUT2D eigenvalue weighted by Gasteiger charge is -2.22. The van der Waals surface area contributed by atoms with Gasteiger partial charge in [0.05, 0.1) is 11.5 Å². The van der Waals surface area contributed by atoms with E-state index < -0.39 is 9.84 Å². The molecule has 2 heterocycles. The van der Waals surface area contributed by atoms with Crippen molar-refractivity contribution < 1.29 is 17.6 Å². The molecule has 0 radical (unpaired) electrons. The normalized spacial score (nSPS) is 22.0. The van der Waals surface area contributed by atoms with Crippen molar-refractivity contribution in [1.82, 2.24) is 4.90 Å². The van der Waals surface area contributed by atoms with Gasteiger partial charge in [0.15, 0.2) is 15.6 Å². The number of carbonyl (C=O) groups excluding carboxylic acids is 1. The molecule has 100 valence electrons. The lowest BCUT2D eigenvalue weighted by molar-refractivity contribution is 0.0714. The van der Waals surface area contributed by atoms with Gasteiger partial charge in [0, 0.05) is 19.5 Å². The van der Waals surface area contributed by atoms with E-state index in [-0.39, 0.29) is 29.2 Å². The zero-order valence-corrected chi connectivity index (χ0v) is 11.4. The van der Waals surface area contributed by atoms with E-state index in [0.29, 0.717) is 6.42 Å². The van der Waals surface area contributed by atoms with Gasteiger partial charge in [-0.2, -0.15) is 0 Å². The molecule has 0 saturated carbocycles. The van der Waals surface area contributed by atoms with Crippen molar-refractivity contribution in [3.8, 4) is 0 Å². The summed E-state index contributed by atoms with van der Waals surface area (Å²) in [5.41, 5.74) is 0. The number of rotatable bonds is 3. The predicted molar refractivity (Wildman–Crippen MR) is 67.2 cm³/mol. The smallest absolute Gasteiger partial charge is 0.289 e. The molecule has 0 aliphatic carbocycles. The lowest BCUT2D eigenvalue weighted by atomic mass is 10.2. The molecule has 0 N–H and O–H groups in total. The zero-order valence-electron chi connectivity index (χ0n) is 10.5. The summed E-state index contributed by atoms with van der Waals surface area (Å²) in [6.45, 7) is 1.94. The lowest BCUT2D eigenvalue weighted by Crippen LogP contribution is -2.37. The Balaban J connectivity index is 2.09. The molecule has 0 spiro atoms. The van der Waals surface area contributed by atoms with Gasteiger partial charge in [0.2, 0.25) is 0 Å². The number of hydrogen-bond donors (Lipinski definition) is 0. The molecule has 0 bridgehead atoms. The molecule has 1 amide bonds. The van der Waals surface area contributed by atoms with Crippen molar-refractivity contribution in [2.45, 2.75) is 25.8 Å². The molecule has 5 nitrogen and oxygen atoms in total. The van der Waals surface area contributed by atoms with Crippen LogP contribution in [-0.2, 0) is 16.3 Å². The van der Waals surface area contributed by atoms with Crippen LogP contribution in [0, 0.1) is 0 Å². The van der Waals surface area contributed by atoms with Crippen LogP contribution in [0.2, 0.25) is 0 Å². The largest absolute Gasteiger partial charge is 0.456 e. The van der Waals surface area contributed by atoms with Gasteiger partial charge in [-0.05, 0) is 18.6 Å². The van der Waals surface area contributed by atoms with Crippen LogP contribution in [0.1, 0.15) is 29.7 Å². The Morgan fingerprint density at radius 3 is 2.72 bits per heavy atom. The summed E-state index contributed by atoms with van der Waals surface area (Å²) in [6, 6.07) is 3.17. The number of aryl methyl sites for hydroxylation is 1.